The van der Waals surface area contributed by atoms with Gasteiger partial charge in [0.25, 0.3) is 5.91 Å². The Bertz CT molecular complexity index is 1420. The normalized spacial score (nSPS) is 17.0. The smallest absolute Gasteiger partial charge is 0.253 e. The number of likely N-dealkylation sites (N-methyl/N-ethyl adjacent to an activating group) is 1. The number of rotatable bonds is 7. The zero-order valence-corrected chi connectivity index (χ0v) is 21.5. The fourth-order valence-electron chi connectivity index (χ4n) is 4.78. The lowest BCUT2D eigenvalue weighted by Gasteiger charge is -2.33. The molecule has 0 saturated heterocycles. The Hall–Kier alpha value is -3.81. The van der Waals surface area contributed by atoms with E-state index in [-0.39, 0.29) is 18.4 Å². The van der Waals surface area contributed by atoms with E-state index >= 15 is 0 Å². The van der Waals surface area contributed by atoms with Crippen LogP contribution in [0.15, 0.2) is 78.9 Å². The molecule has 3 N–H and O–H groups in total. The second-order valence-electron chi connectivity index (χ2n) is 9.16. The number of nitrogens with zero attached hydrogens (tertiary/aromatic N) is 1. The summed E-state index contributed by atoms with van der Waals surface area (Å²) in [4.78, 5) is 32.1. The number of H-pyrrole nitrogens is 1. The van der Waals surface area contributed by atoms with Crippen molar-refractivity contribution in [2.45, 2.75) is 31.5 Å². The van der Waals surface area contributed by atoms with E-state index in [0.717, 1.165) is 22.0 Å². The van der Waals surface area contributed by atoms with Crippen LogP contribution in [0, 0.1) is 0 Å². The Kier molecular flexibility index (Phi) is 7.17. The third-order valence-corrected chi connectivity index (χ3v) is 7.12. The molecule has 37 heavy (non-hydrogen) atoms. The summed E-state index contributed by atoms with van der Waals surface area (Å²) >= 11 is 6.84. The SMILES string of the molecule is CNC(C)C(=O)NC1COc2ccccc2N(C(Cc2ccccc2)c2c(Cl)[nH]c3ccccc23)C1=O. The maximum Gasteiger partial charge on any atom is 0.253 e. The number of fused-ring (bicyclic) bond motifs is 2. The van der Waals surface area contributed by atoms with Gasteiger partial charge in [-0.3, -0.25) is 14.5 Å². The topological polar surface area (TPSA) is 86.5 Å². The number of benzene rings is 3. The molecule has 8 heteroatoms. The van der Waals surface area contributed by atoms with E-state index in [1.54, 1.807) is 18.9 Å². The first kappa shape index (κ1) is 24.9. The Morgan fingerprint density at radius 1 is 1.08 bits per heavy atom. The average Bonchev–Trinajstić information content (AvgIpc) is 3.19. The van der Waals surface area contributed by atoms with E-state index in [1.165, 1.54) is 0 Å². The average molecular weight is 517 g/mol. The van der Waals surface area contributed by atoms with Gasteiger partial charge in [-0.05, 0) is 44.2 Å². The molecule has 1 aromatic heterocycles. The molecule has 4 aromatic rings. The summed E-state index contributed by atoms with van der Waals surface area (Å²) in [5.41, 5.74) is 3.39. The summed E-state index contributed by atoms with van der Waals surface area (Å²) in [6, 6.07) is 23.5. The summed E-state index contributed by atoms with van der Waals surface area (Å²) in [6.45, 7) is 1.77. The number of anilines is 1. The lowest BCUT2D eigenvalue weighted by molar-refractivity contribution is -0.129. The lowest BCUT2D eigenvalue weighted by atomic mass is 9.95. The molecule has 5 rings (SSSR count). The van der Waals surface area contributed by atoms with E-state index in [0.29, 0.717) is 23.0 Å². The molecule has 3 aromatic carbocycles. The number of para-hydroxylation sites is 3. The minimum absolute atomic E-state index is 0.0220. The number of aromatic nitrogens is 1. The first-order valence-electron chi connectivity index (χ1n) is 12.3. The van der Waals surface area contributed by atoms with E-state index in [2.05, 4.69) is 15.6 Å². The summed E-state index contributed by atoms with van der Waals surface area (Å²) in [5, 5.41) is 7.21. The predicted molar refractivity (Wildman–Crippen MR) is 146 cm³/mol. The highest BCUT2D eigenvalue weighted by Crippen LogP contribution is 2.42. The highest BCUT2D eigenvalue weighted by molar-refractivity contribution is 6.32. The molecule has 7 nitrogen and oxygen atoms in total. The number of aromatic amines is 1. The van der Waals surface area contributed by atoms with Crippen LogP contribution in [-0.2, 0) is 16.0 Å². The van der Waals surface area contributed by atoms with E-state index in [9.17, 15) is 9.59 Å². The predicted octanol–water partition coefficient (Wildman–Crippen LogP) is 4.62. The third-order valence-electron chi connectivity index (χ3n) is 6.82. The molecule has 2 heterocycles. The number of halogens is 1. The van der Waals surface area contributed by atoms with Gasteiger partial charge < -0.3 is 20.4 Å². The van der Waals surface area contributed by atoms with Gasteiger partial charge in [0.05, 0.1) is 17.8 Å². The Labute approximate surface area is 220 Å². The highest BCUT2D eigenvalue weighted by Gasteiger charge is 2.39. The van der Waals surface area contributed by atoms with E-state index < -0.39 is 18.1 Å². The maximum atomic E-state index is 14.3. The minimum Gasteiger partial charge on any atom is -0.489 e. The molecule has 1 aliphatic heterocycles. The number of ether oxygens (including phenoxy) is 1. The Balaban J connectivity index is 1.67. The van der Waals surface area contributed by atoms with Crippen LogP contribution in [0.2, 0.25) is 5.15 Å². The van der Waals surface area contributed by atoms with Gasteiger partial charge in [0.15, 0.2) is 0 Å². The number of nitrogens with one attached hydrogen (secondary N) is 3. The van der Waals surface area contributed by atoms with Gasteiger partial charge >= 0.3 is 0 Å². The van der Waals surface area contributed by atoms with Crippen molar-refractivity contribution >= 4 is 40.0 Å². The van der Waals surface area contributed by atoms with Gasteiger partial charge in [-0.15, -0.1) is 0 Å². The summed E-state index contributed by atoms with van der Waals surface area (Å²) < 4.78 is 6.07. The van der Waals surface area contributed by atoms with Gasteiger partial charge in [0, 0.05) is 16.5 Å². The molecule has 1 aliphatic rings. The monoisotopic (exact) mass is 516 g/mol. The minimum atomic E-state index is -0.877. The second kappa shape index (κ2) is 10.7. The summed E-state index contributed by atoms with van der Waals surface area (Å²) in [7, 11) is 1.70. The fraction of sp³-hybridized carbons (Fsp3) is 0.241. The van der Waals surface area contributed by atoms with Crippen molar-refractivity contribution in [2.75, 3.05) is 18.6 Å². The van der Waals surface area contributed by atoms with Gasteiger partial charge in [0.2, 0.25) is 5.91 Å². The van der Waals surface area contributed by atoms with Crippen molar-refractivity contribution < 1.29 is 14.3 Å². The first-order valence-corrected chi connectivity index (χ1v) is 12.7. The van der Waals surface area contributed by atoms with Crippen molar-refractivity contribution in [1.29, 1.82) is 0 Å². The molecular formula is C29H29ClN4O3. The number of carbonyl (C=O) groups is 2. The molecule has 0 bridgehead atoms. The largest absolute Gasteiger partial charge is 0.489 e. The Morgan fingerprint density at radius 2 is 1.78 bits per heavy atom. The van der Waals surface area contributed by atoms with Crippen LogP contribution >= 0.6 is 11.6 Å². The molecule has 3 atom stereocenters. The van der Waals surface area contributed by atoms with Gasteiger partial charge in [-0.25, -0.2) is 0 Å². The molecule has 2 amide bonds. The standard InChI is InChI=1S/C29H29ClN4O3/c1-18(31-2)28(35)33-22-17-37-25-15-9-8-14-23(25)34(29(22)36)24(16-19-10-4-3-5-11-19)26-20-12-6-7-13-21(20)32-27(26)30/h3-15,18,22,24,31-32H,16-17H2,1-2H3,(H,33,35). The molecular weight excluding hydrogens is 488 g/mol. The fourth-order valence-corrected chi connectivity index (χ4v) is 5.11. The van der Waals surface area contributed by atoms with Gasteiger partial charge in [0.1, 0.15) is 23.6 Å². The summed E-state index contributed by atoms with van der Waals surface area (Å²) in [6.07, 6.45) is 0.510. The summed E-state index contributed by atoms with van der Waals surface area (Å²) in [5.74, 6) is 0.0345. The quantitative estimate of drug-likeness (QED) is 0.334. The van der Waals surface area contributed by atoms with Crippen LogP contribution in [0.3, 0.4) is 0 Å². The molecule has 0 spiro atoms. The van der Waals surface area contributed by atoms with Crippen LogP contribution in [-0.4, -0.2) is 42.5 Å². The number of hydrogen-bond donors (Lipinski definition) is 3. The first-order chi connectivity index (χ1) is 18.0. The third kappa shape index (κ3) is 4.92. The second-order valence-corrected chi connectivity index (χ2v) is 9.54. The number of carbonyl (C=O) groups excluding carboxylic acids is 2. The maximum absolute atomic E-state index is 14.3. The molecule has 0 saturated carbocycles. The van der Waals surface area contributed by atoms with Crippen LogP contribution in [0.5, 0.6) is 5.75 Å². The number of hydrogen-bond acceptors (Lipinski definition) is 4. The van der Waals surface area contributed by atoms with Crippen LogP contribution < -0.4 is 20.3 Å². The van der Waals surface area contributed by atoms with Crippen molar-refractivity contribution in [2.24, 2.45) is 0 Å². The van der Waals surface area contributed by atoms with Gasteiger partial charge in [-0.2, -0.15) is 0 Å². The van der Waals surface area contributed by atoms with Crippen LogP contribution in [0.25, 0.3) is 10.9 Å². The Morgan fingerprint density at radius 3 is 2.57 bits per heavy atom. The number of amides is 2. The van der Waals surface area contributed by atoms with Crippen molar-refractivity contribution in [3.8, 4) is 5.75 Å². The zero-order valence-electron chi connectivity index (χ0n) is 20.7. The van der Waals surface area contributed by atoms with Crippen LogP contribution in [0.1, 0.15) is 24.1 Å². The van der Waals surface area contributed by atoms with E-state index in [4.69, 9.17) is 16.3 Å². The van der Waals surface area contributed by atoms with E-state index in [1.807, 2.05) is 78.9 Å². The zero-order chi connectivity index (χ0) is 25.9. The molecule has 190 valence electrons. The van der Waals surface area contributed by atoms with Crippen molar-refractivity contribution in [3.05, 3.63) is 95.1 Å². The van der Waals surface area contributed by atoms with Crippen LogP contribution in [0.4, 0.5) is 5.69 Å². The lowest BCUT2D eigenvalue weighted by Crippen LogP contribution is -2.54. The molecule has 0 aliphatic carbocycles. The van der Waals surface area contributed by atoms with Crippen molar-refractivity contribution in [1.82, 2.24) is 15.6 Å². The molecule has 3 unspecified atom stereocenters. The van der Waals surface area contributed by atoms with Gasteiger partial charge in [-0.1, -0.05) is 72.3 Å². The van der Waals surface area contributed by atoms with Crippen molar-refractivity contribution in [3.63, 3.8) is 0 Å². The highest BCUT2D eigenvalue weighted by atomic mass is 35.5. The molecule has 0 radical (unpaired) electrons. The molecule has 0 fully saturated rings.